The number of pyridine rings is 1. The van der Waals surface area contributed by atoms with Crippen molar-refractivity contribution in [2.45, 2.75) is 46.2 Å². The van der Waals surface area contributed by atoms with Crippen LogP contribution in [0.1, 0.15) is 61.4 Å². The van der Waals surface area contributed by atoms with E-state index in [1.54, 1.807) is 23.8 Å². The van der Waals surface area contributed by atoms with Gasteiger partial charge in [0.25, 0.3) is 5.91 Å². The quantitative estimate of drug-likeness (QED) is 0.495. The first kappa shape index (κ1) is 19.3. The van der Waals surface area contributed by atoms with Crippen molar-refractivity contribution < 1.29 is 9.21 Å². The summed E-state index contributed by atoms with van der Waals surface area (Å²) in [6.07, 6.45) is 3.29. The molecule has 0 aliphatic heterocycles. The van der Waals surface area contributed by atoms with Crippen molar-refractivity contribution >= 4 is 28.3 Å². The number of carbonyl (C=O) groups is 1. The molecule has 0 aliphatic rings. The van der Waals surface area contributed by atoms with Crippen LogP contribution in [0, 0.1) is 0 Å². The zero-order valence-corrected chi connectivity index (χ0v) is 17.7. The minimum absolute atomic E-state index is 0.157. The molecule has 0 saturated heterocycles. The van der Waals surface area contributed by atoms with E-state index in [0.717, 1.165) is 21.6 Å². The van der Waals surface area contributed by atoms with Crippen LogP contribution in [0.25, 0.3) is 21.8 Å². The van der Waals surface area contributed by atoms with Crippen molar-refractivity contribution in [1.82, 2.24) is 25.1 Å². The molecule has 4 heterocycles. The highest BCUT2D eigenvalue weighted by Crippen LogP contribution is 2.25. The Morgan fingerprint density at radius 3 is 2.79 bits per heavy atom. The molecule has 1 amide bonds. The van der Waals surface area contributed by atoms with Gasteiger partial charge in [-0.1, -0.05) is 19.9 Å². The van der Waals surface area contributed by atoms with E-state index in [-0.39, 0.29) is 24.4 Å². The fourth-order valence-corrected chi connectivity index (χ4v) is 3.72. The molecular formula is C21H23N5O2S. The number of oxazole rings is 1. The van der Waals surface area contributed by atoms with Crippen molar-refractivity contribution in [3.05, 3.63) is 53.0 Å². The number of carbonyl (C=O) groups excluding carboxylic acids is 1. The van der Waals surface area contributed by atoms with Crippen molar-refractivity contribution in [3.63, 3.8) is 0 Å². The zero-order chi connectivity index (χ0) is 20.5. The normalized spacial score (nSPS) is 11.7. The largest absolute Gasteiger partial charge is 0.443 e. The first-order valence-corrected chi connectivity index (χ1v) is 10.5. The van der Waals surface area contributed by atoms with E-state index in [2.05, 4.69) is 29.2 Å². The molecule has 0 aromatic carbocycles. The number of hydrogen-bond acceptors (Lipinski definition) is 6. The monoisotopic (exact) mass is 409 g/mol. The summed E-state index contributed by atoms with van der Waals surface area (Å²) in [5.74, 6) is 0.587. The van der Waals surface area contributed by atoms with Gasteiger partial charge in [0.05, 0.1) is 34.3 Å². The van der Waals surface area contributed by atoms with Crippen molar-refractivity contribution in [3.8, 4) is 10.8 Å². The third kappa shape index (κ3) is 3.80. The fourth-order valence-electron chi connectivity index (χ4n) is 3.07. The second-order valence-electron chi connectivity index (χ2n) is 7.47. The number of fused-ring (bicyclic) bond motifs is 1. The fraction of sp³-hybridized carbons (Fsp3) is 0.333. The lowest BCUT2D eigenvalue weighted by Gasteiger charge is -2.12. The molecule has 0 bridgehead atoms. The van der Waals surface area contributed by atoms with E-state index in [9.17, 15) is 4.79 Å². The van der Waals surface area contributed by atoms with Crippen LogP contribution in [0.15, 0.2) is 40.5 Å². The van der Waals surface area contributed by atoms with Crippen LogP contribution in [0.2, 0.25) is 0 Å². The topological polar surface area (TPSA) is 85.8 Å². The van der Waals surface area contributed by atoms with Gasteiger partial charge in [0.1, 0.15) is 6.26 Å². The van der Waals surface area contributed by atoms with Gasteiger partial charge in [0.2, 0.25) is 5.89 Å². The van der Waals surface area contributed by atoms with Gasteiger partial charge in [0, 0.05) is 11.7 Å². The molecule has 0 aliphatic carbocycles. The Bertz CT molecular complexity index is 1140. The molecule has 4 rings (SSSR count). The number of hydrogen-bond donors (Lipinski definition) is 1. The summed E-state index contributed by atoms with van der Waals surface area (Å²) in [5, 5.41) is 10.1. The van der Waals surface area contributed by atoms with Crippen molar-refractivity contribution in [2.24, 2.45) is 0 Å². The number of nitrogens with zero attached hydrogens (tertiary/aromatic N) is 4. The lowest BCUT2D eigenvalue weighted by molar-refractivity contribution is 0.0952. The molecule has 0 saturated carbocycles. The van der Waals surface area contributed by atoms with Crippen LogP contribution >= 0.6 is 11.3 Å². The Hall–Kier alpha value is -3.00. The van der Waals surface area contributed by atoms with Crippen LogP contribution in [0.3, 0.4) is 0 Å². The van der Waals surface area contributed by atoms with Crippen LogP contribution in [-0.4, -0.2) is 25.7 Å². The molecule has 4 aromatic heterocycles. The van der Waals surface area contributed by atoms with Crippen LogP contribution in [0.5, 0.6) is 0 Å². The van der Waals surface area contributed by atoms with Crippen molar-refractivity contribution in [2.75, 3.05) is 0 Å². The van der Waals surface area contributed by atoms with E-state index in [0.29, 0.717) is 17.1 Å². The lowest BCUT2D eigenvalue weighted by atomic mass is 10.0. The maximum absolute atomic E-state index is 13.0. The Morgan fingerprint density at radius 1 is 1.28 bits per heavy atom. The molecule has 4 aromatic rings. The summed E-state index contributed by atoms with van der Waals surface area (Å²) < 4.78 is 7.37. The standard InChI is InChI=1S/C21H23N5O2S/c1-12(2)17-8-15(16-10-23-26(13(3)4)19(16)25-17)20(27)22-9-14-11-28-21(24-14)18-6-5-7-29-18/h5-8,10-13H,9H2,1-4H3,(H,22,27). The lowest BCUT2D eigenvalue weighted by Crippen LogP contribution is -2.23. The number of thiophene rings is 1. The molecule has 0 spiro atoms. The van der Waals surface area contributed by atoms with Gasteiger partial charge in [-0.05, 0) is 37.3 Å². The molecule has 1 N–H and O–H groups in total. The van der Waals surface area contributed by atoms with Crippen LogP contribution in [0.4, 0.5) is 0 Å². The van der Waals surface area contributed by atoms with Gasteiger partial charge < -0.3 is 9.73 Å². The molecule has 0 fully saturated rings. The summed E-state index contributed by atoms with van der Waals surface area (Å²) in [6.45, 7) is 8.51. The minimum atomic E-state index is -0.178. The van der Waals surface area contributed by atoms with Crippen LogP contribution < -0.4 is 5.32 Å². The summed E-state index contributed by atoms with van der Waals surface area (Å²) >= 11 is 1.56. The van der Waals surface area contributed by atoms with Gasteiger partial charge in [-0.3, -0.25) is 4.79 Å². The second-order valence-corrected chi connectivity index (χ2v) is 8.42. The van der Waals surface area contributed by atoms with E-state index < -0.39 is 0 Å². The highest BCUT2D eigenvalue weighted by molar-refractivity contribution is 7.13. The van der Waals surface area contributed by atoms with Crippen molar-refractivity contribution in [1.29, 1.82) is 0 Å². The molecule has 0 unspecified atom stereocenters. The molecule has 0 radical (unpaired) electrons. The summed E-state index contributed by atoms with van der Waals surface area (Å²) in [4.78, 5) is 23.1. The third-order valence-electron chi connectivity index (χ3n) is 4.63. The smallest absolute Gasteiger partial charge is 0.252 e. The Morgan fingerprint density at radius 2 is 2.10 bits per heavy atom. The number of nitrogens with one attached hydrogen (secondary N) is 1. The minimum Gasteiger partial charge on any atom is -0.443 e. The Balaban J connectivity index is 1.59. The highest BCUT2D eigenvalue weighted by atomic mass is 32.1. The first-order chi connectivity index (χ1) is 13.9. The Kier molecular flexibility index (Phi) is 5.19. The average Bonchev–Trinajstić information content (AvgIpc) is 3.44. The number of aromatic nitrogens is 4. The van der Waals surface area contributed by atoms with E-state index in [4.69, 9.17) is 9.40 Å². The maximum atomic E-state index is 13.0. The molecule has 29 heavy (non-hydrogen) atoms. The molecule has 7 nitrogen and oxygen atoms in total. The molecule has 0 atom stereocenters. The summed E-state index contributed by atoms with van der Waals surface area (Å²) in [5.41, 5.74) is 2.85. The predicted octanol–water partition coefficient (Wildman–Crippen LogP) is 4.78. The van der Waals surface area contributed by atoms with E-state index in [1.165, 1.54) is 0 Å². The van der Waals surface area contributed by atoms with Gasteiger partial charge in [0.15, 0.2) is 5.65 Å². The average molecular weight is 410 g/mol. The number of amides is 1. The summed E-state index contributed by atoms with van der Waals surface area (Å²) in [7, 11) is 0. The zero-order valence-electron chi connectivity index (χ0n) is 16.8. The predicted molar refractivity (Wildman–Crippen MR) is 113 cm³/mol. The molecule has 8 heteroatoms. The Labute approximate surface area is 172 Å². The molecule has 150 valence electrons. The highest BCUT2D eigenvalue weighted by Gasteiger charge is 2.19. The SMILES string of the molecule is CC(C)c1cc(C(=O)NCc2coc(-c3cccs3)n2)c2cnn(C(C)C)c2n1. The van der Waals surface area contributed by atoms with E-state index >= 15 is 0 Å². The first-order valence-electron chi connectivity index (χ1n) is 9.58. The summed E-state index contributed by atoms with van der Waals surface area (Å²) in [6, 6.07) is 5.91. The van der Waals surface area contributed by atoms with E-state index in [1.807, 2.05) is 42.1 Å². The number of rotatable bonds is 6. The molecular weight excluding hydrogens is 386 g/mol. The third-order valence-corrected chi connectivity index (χ3v) is 5.48. The second kappa shape index (κ2) is 7.79. The van der Waals surface area contributed by atoms with Gasteiger partial charge in [-0.15, -0.1) is 11.3 Å². The maximum Gasteiger partial charge on any atom is 0.252 e. The van der Waals surface area contributed by atoms with Gasteiger partial charge in [-0.25, -0.2) is 14.6 Å². The van der Waals surface area contributed by atoms with Crippen LogP contribution in [-0.2, 0) is 6.54 Å². The van der Waals surface area contributed by atoms with Gasteiger partial charge in [-0.2, -0.15) is 5.10 Å². The van der Waals surface area contributed by atoms with Gasteiger partial charge >= 0.3 is 0 Å².